The molecule has 4 heterocycles. The number of benzene rings is 1. The molecule has 1 atom stereocenters. The third-order valence-corrected chi connectivity index (χ3v) is 6.28. The fourth-order valence-corrected chi connectivity index (χ4v) is 4.58. The molecule has 0 saturated carbocycles. The molecule has 2 aromatic heterocycles. The number of rotatable bonds is 5. The Hall–Kier alpha value is -3.79. The van der Waals surface area contributed by atoms with Crippen LogP contribution < -0.4 is 5.32 Å². The van der Waals surface area contributed by atoms with Crippen LogP contribution in [0.4, 0.5) is 5.13 Å². The highest BCUT2D eigenvalue weighted by Crippen LogP contribution is 2.28. The molecule has 3 aromatic rings. The molecule has 0 aliphatic carbocycles. The van der Waals surface area contributed by atoms with E-state index in [1.165, 1.54) is 40.7 Å². The van der Waals surface area contributed by atoms with Crippen molar-refractivity contribution in [2.24, 2.45) is 0 Å². The summed E-state index contributed by atoms with van der Waals surface area (Å²) < 4.78 is 5.24. The van der Waals surface area contributed by atoms with Gasteiger partial charge in [-0.15, -0.1) is 11.3 Å². The molecule has 2 aliphatic rings. The van der Waals surface area contributed by atoms with E-state index in [0.29, 0.717) is 30.3 Å². The Balaban J connectivity index is 1.35. The Morgan fingerprint density at radius 2 is 2.03 bits per heavy atom. The Morgan fingerprint density at radius 1 is 1.19 bits per heavy atom. The summed E-state index contributed by atoms with van der Waals surface area (Å²) in [7, 11) is 0. The average Bonchev–Trinajstić information content (AvgIpc) is 3.59. The van der Waals surface area contributed by atoms with E-state index in [1.807, 2.05) is 0 Å². The lowest BCUT2D eigenvalue weighted by molar-refractivity contribution is -0.119. The quantitative estimate of drug-likeness (QED) is 0.598. The highest BCUT2D eigenvalue weighted by atomic mass is 32.1. The number of carbonyl (C=O) groups excluding carboxylic acids is 4. The molecule has 1 fully saturated rings. The van der Waals surface area contributed by atoms with Gasteiger partial charge in [-0.05, 0) is 43.2 Å². The summed E-state index contributed by atoms with van der Waals surface area (Å²) in [5, 5.41) is 4.98. The maximum absolute atomic E-state index is 13.2. The van der Waals surface area contributed by atoms with Crippen LogP contribution in [0.15, 0.2) is 52.6 Å². The van der Waals surface area contributed by atoms with Gasteiger partial charge in [-0.1, -0.05) is 0 Å². The van der Waals surface area contributed by atoms with Gasteiger partial charge in [0.1, 0.15) is 11.8 Å². The molecule has 2 aliphatic heterocycles. The zero-order chi connectivity index (χ0) is 22.2. The number of nitrogens with one attached hydrogen (secondary N) is 1. The molecule has 1 N–H and O–H groups in total. The van der Waals surface area contributed by atoms with Crippen LogP contribution in [0.2, 0.25) is 0 Å². The third-order valence-electron chi connectivity index (χ3n) is 5.59. The van der Waals surface area contributed by atoms with Gasteiger partial charge in [0.25, 0.3) is 17.7 Å². The van der Waals surface area contributed by atoms with Gasteiger partial charge in [0.2, 0.25) is 5.91 Å². The normalized spacial score (nSPS) is 17.7. The number of amides is 4. The molecular formula is C22H18N4O5S. The van der Waals surface area contributed by atoms with Crippen molar-refractivity contribution in [3.8, 4) is 0 Å². The van der Waals surface area contributed by atoms with E-state index in [1.54, 1.807) is 23.7 Å². The lowest BCUT2D eigenvalue weighted by Crippen LogP contribution is -2.43. The predicted octanol–water partition coefficient (Wildman–Crippen LogP) is 2.78. The molecule has 0 radical (unpaired) electrons. The van der Waals surface area contributed by atoms with Crippen molar-refractivity contribution in [3.63, 3.8) is 0 Å². The van der Waals surface area contributed by atoms with Gasteiger partial charge in [0, 0.05) is 23.7 Å². The summed E-state index contributed by atoms with van der Waals surface area (Å²) in [5.41, 5.74) is 0.687. The smallest absolute Gasteiger partial charge is 0.261 e. The van der Waals surface area contributed by atoms with Crippen LogP contribution in [0.3, 0.4) is 0 Å². The number of anilines is 1. The van der Waals surface area contributed by atoms with Gasteiger partial charge in [-0.2, -0.15) is 0 Å². The molecule has 1 saturated heterocycles. The monoisotopic (exact) mass is 450 g/mol. The highest BCUT2D eigenvalue weighted by Gasteiger charge is 2.38. The average molecular weight is 450 g/mol. The summed E-state index contributed by atoms with van der Waals surface area (Å²) in [4.78, 5) is 58.1. The number of furan rings is 1. The van der Waals surface area contributed by atoms with Crippen molar-refractivity contribution in [2.75, 3.05) is 11.9 Å². The fourth-order valence-electron chi connectivity index (χ4n) is 4.05. The van der Waals surface area contributed by atoms with Crippen LogP contribution in [0, 0.1) is 0 Å². The van der Waals surface area contributed by atoms with Gasteiger partial charge in [0.15, 0.2) is 5.13 Å². The molecule has 1 unspecified atom stereocenters. The number of likely N-dealkylation sites (tertiary alicyclic amines) is 1. The molecule has 0 spiro atoms. The molecule has 10 heteroatoms. The molecule has 4 amide bonds. The minimum absolute atomic E-state index is 0.0216. The fraction of sp³-hybridized carbons (Fsp3) is 0.227. The van der Waals surface area contributed by atoms with E-state index in [-0.39, 0.29) is 35.0 Å². The Bertz CT molecular complexity index is 1210. The lowest BCUT2D eigenvalue weighted by Gasteiger charge is -2.23. The van der Waals surface area contributed by atoms with Gasteiger partial charge < -0.3 is 14.6 Å². The number of hydrogen-bond donors (Lipinski definition) is 1. The van der Waals surface area contributed by atoms with Crippen LogP contribution in [0.25, 0.3) is 0 Å². The second kappa shape index (κ2) is 8.04. The van der Waals surface area contributed by atoms with Crippen molar-refractivity contribution >= 4 is 40.1 Å². The summed E-state index contributed by atoms with van der Waals surface area (Å²) in [6.45, 7) is 0.455. The molecule has 5 rings (SSSR count). The van der Waals surface area contributed by atoms with E-state index < -0.39 is 17.9 Å². The standard InChI is InChI=1S/C22H18N4O5S/c27-18(24-22-23-7-10-32-22)17-4-1-8-25(17)19(28)13-5-6-15-16(11-13)21(30)26(20(15)29)12-14-3-2-9-31-14/h2-3,5-7,9-11,17H,1,4,8,12H2,(H,23,24,27). The number of carbonyl (C=O) groups is 4. The molecule has 32 heavy (non-hydrogen) atoms. The van der Waals surface area contributed by atoms with Crippen molar-refractivity contribution < 1.29 is 23.6 Å². The Kier molecular flexibility index (Phi) is 5.06. The van der Waals surface area contributed by atoms with Gasteiger partial charge in [-0.25, -0.2) is 4.98 Å². The Morgan fingerprint density at radius 3 is 2.78 bits per heavy atom. The lowest BCUT2D eigenvalue weighted by atomic mass is 10.0. The number of hydrogen-bond acceptors (Lipinski definition) is 7. The first-order valence-corrected chi connectivity index (χ1v) is 10.9. The number of aromatic nitrogens is 1. The maximum atomic E-state index is 13.2. The summed E-state index contributed by atoms with van der Waals surface area (Å²) in [6.07, 6.45) is 4.31. The Labute approximate surface area is 186 Å². The first kappa shape index (κ1) is 20.1. The van der Waals surface area contributed by atoms with Crippen LogP contribution >= 0.6 is 11.3 Å². The van der Waals surface area contributed by atoms with E-state index >= 15 is 0 Å². The molecule has 0 bridgehead atoms. The first-order chi connectivity index (χ1) is 15.5. The van der Waals surface area contributed by atoms with Crippen molar-refractivity contribution in [2.45, 2.75) is 25.4 Å². The molecular weight excluding hydrogens is 432 g/mol. The number of nitrogens with zero attached hydrogens (tertiary/aromatic N) is 3. The van der Waals surface area contributed by atoms with Crippen LogP contribution in [-0.2, 0) is 11.3 Å². The van der Waals surface area contributed by atoms with Crippen molar-refractivity contribution in [1.29, 1.82) is 0 Å². The highest BCUT2D eigenvalue weighted by molar-refractivity contribution is 7.13. The number of thiazole rings is 1. The maximum Gasteiger partial charge on any atom is 0.261 e. The van der Waals surface area contributed by atoms with Crippen molar-refractivity contribution in [1.82, 2.24) is 14.8 Å². The number of fused-ring (bicyclic) bond motifs is 1. The number of imide groups is 1. The topological polar surface area (TPSA) is 113 Å². The second-order valence-electron chi connectivity index (χ2n) is 7.52. The zero-order valence-corrected chi connectivity index (χ0v) is 17.6. The molecule has 1 aromatic carbocycles. The van der Waals surface area contributed by atoms with Crippen molar-refractivity contribution in [3.05, 3.63) is 70.6 Å². The third kappa shape index (κ3) is 3.48. The van der Waals surface area contributed by atoms with Crippen LogP contribution in [0.5, 0.6) is 0 Å². The van der Waals surface area contributed by atoms with Crippen LogP contribution in [-0.4, -0.2) is 51.0 Å². The van der Waals surface area contributed by atoms with Crippen LogP contribution in [0.1, 0.15) is 49.7 Å². The predicted molar refractivity (Wildman–Crippen MR) is 114 cm³/mol. The van der Waals surface area contributed by atoms with E-state index in [4.69, 9.17) is 4.42 Å². The SMILES string of the molecule is O=C(Nc1nccs1)C1CCCN1C(=O)c1ccc2c(c1)C(=O)N(Cc1ccco1)C2=O. The van der Waals surface area contributed by atoms with Gasteiger partial charge >= 0.3 is 0 Å². The second-order valence-corrected chi connectivity index (χ2v) is 8.41. The summed E-state index contributed by atoms with van der Waals surface area (Å²) in [6, 6.07) is 7.20. The van der Waals surface area contributed by atoms with Gasteiger partial charge in [-0.3, -0.25) is 24.1 Å². The first-order valence-electron chi connectivity index (χ1n) is 10.1. The van der Waals surface area contributed by atoms with E-state index in [9.17, 15) is 19.2 Å². The summed E-state index contributed by atoms with van der Waals surface area (Å²) >= 11 is 1.30. The van der Waals surface area contributed by atoms with Gasteiger partial charge in [0.05, 0.1) is 23.9 Å². The van der Waals surface area contributed by atoms with E-state index in [0.717, 1.165) is 4.90 Å². The zero-order valence-electron chi connectivity index (χ0n) is 16.8. The summed E-state index contributed by atoms with van der Waals surface area (Å²) in [5.74, 6) is -1.06. The minimum Gasteiger partial charge on any atom is -0.467 e. The molecule has 9 nitrogen and oxygen atoms in total. The minimum atomic E-state index is -0.618. The largest absolute Gasteiger partial charge is 0.467 e. The van der Waals surface area contributed by atoms with E-state index in [2.05, 4.69) is 10.3 Å². The molecule has 162 valence electrons.